The average molecular weight is 334 g/mol. The lowest BCUT2D eigenvalue weighted by molar-refractivity contribution is 0.407. The summed E-state index contributed by atoms with van der Waals surface area (Å²) in [5.41, 5.74) is 9.95. The number of hydrogen-bond donors (Lipinski definition) is 1. The van der Waals surface area contributed by atoms with Crippen molar-refractivity contribution in [3.05, 3.63) is 63.6 Å². The molecule has 3 heteroatoms. The van der Waals surface area contributed by atoms with Crippen LogP contribution < -0.4 is 10.5 Å². The largest absolute Gasteiger partial charge is 0.496 e. The van der Waals surface area contributed by atoms with Crippen LogP contribution in [-0.2, 0) is 12.8 Å². The van der Waals surface area contributed by atoms with Gasteiger partial charge in [-0.15, -0.1) is 0 Å². The fourth-order valence-corrected chi connectivity index (χ4v) is 2.83. The monoisotopic (exact) mass is 333 g/mol. The van der Waals surface area contributed by atoms with Crippen molar-refractivity contribution in [2.24, 2.45) is 5.73 Å². The molecule has 0 bridgehead atoms. The van der Waals surface area contributed by atoms with Gasteiger partial charge in [-0.25, -0.2) is 0 Å². The first kappa shape index (κ1) is 15.1. The van der Waals surface area contributed by atoms with Crippen molar-refractivity contribution in [2.75, 3.05) is 7.11 Å². The summed E-state index contributed by atoms with van der Waals surface area (Å²) >= 11 is 3.49. The minimum atomic E-state index is 0.0833. The highest BCUT2D eigenvalue weighted by atomic mass is 79.9. The van der Waals surface area contributed by atoms with Crippen LogP contribution in [0.4, 0.5) is 0 Å². The predicted molar refractivity (Wildman–Crippen MR) is 87.3 cm³/mol. The second-order valence-electron chi connectivity index (χ2n) is 5.11. The van der Waals surface area contributed by atoms with Crippen molar-refractivity contribution in [2.45, 2.75) is 25.8 Å². The number of hydrogen-bond acceptors (Lipinski definition) is 2. The van der Waals surface area contributed by atoms with Gasteiger partial charge in [-0.05, 0) is 49.1 Å². The second kappa shape index (κ2) is 6.91. The van der Waals surface area contributed by atoms with Crippen LogP contribution in [0.25, 0.3) is 0 Å². The lowest BCUT2D eigenvalue weighted by Gasteiger charge is -2.15. The van der Waals surface area contributed by atoms with Gasteiger partial charge in [0, 0.05) is 10.5 Å². The van der Waals surface area contributed by atoms with Gasteiger partial charge in [0.25, 0.3) is 0 Å². The lowest BCUT2D eigenvalue weighted by atomic mass is 9.98. The Hall–Kier alpha value is -1.32. The Balaban J connectivity index is 2.08. The summed E-state index contributed by atoms with van der Waals surface area (Å²) in [5, 5.41) is 0. The second-order valence-corrected chi connectivity index (χ2v) is 6.03. The number of nitrogens with two attached hydrogens (primary N) is 1. The van der Waals surface area contributed by atoms with Crippen molar-refractivity contribution in [1.29, 1.82) is 0 Å². The summed E-state index contributed by atoms with van der Waals surface area (Å²) in [6, 6.07) is 14.6. The minimum Gasteiger partial charge on any atom is -0.496 e. The first-order valence-electron chi connectivity index (χ1n) is 6.72. The molecule has 0 heterocycles. The third-order valence-electron chi connectivity index (χ3n) is 3.30. The highest BCUT2D eigenvalue weighted by Crippen LogP contribution is 2.22. The van der Waals surface area contributed by atoms with Crippen LogP contribution in [0.3, 0.4) is 0 Å². The molecule has 20 heavy (non-hydrogen) atoms. The van der Waals surface area contributed by atoms with Gasteiger partial charge >= 0.3 is 0 Å². The third-order valence-corrected chi connectivity index (χ3v) is 3.80. The Morgan fingerprint density at radius 2 is 1.95 bits per heavy atom. The van der Waals surface area contributed by atoms with Crippen molar-refractivity contribution in [3.8, 4) is 5.75 Å². The van der Waals surface area contributed by atoms with Crippen LogP contribution in [-0.4, -0.2) is 13.2 Å². The third kappa shape index (κ3) is 4.09. The SMILES string of the molecule is COc1ccc(C)cc1CC(N)Cc1cccc(Br)c1. The average Bonchev–Trinajstić information content (AvgIpc) is 2.38. The molecule has 106 valence electrons. The number of halogens is 1. The summed E-state index contributed by atoms with van der Waals surface area (Å²) in [7, 11) is 1.70. The van der Waals surface area contributed by atoms with E-state index in [0.717, 1.165) is 23.1 Å². The van der Waals surface area contributed by atoms with Crippen LogP contribution in [0, 0.1) is 6.92 Å². The zero-order valence-corrected chi connectivity index (χ0v) is 13.5. The normalized spacial score (nSPS) is 12.2. The molecule has 0 aliphatic heterocycles. The summed E-state index contributed by atoms with van der Waals surface area (Å²) in [6.07, 6.45) is 1.67. The van der Waals surface area contributed by atoms with Crippen molar-refractivity contribution >= 4 is 15.9 Å². The Morgan fingerprint density at radius 1 is 1.15 bits per heavy atom. The smallest absolute Gasteiger partial charge is 0.122 e. The molecule has 0 aliphatic carbocycles. The standard InChI is InChI=1S/C17H20BrNO/c1-12-6-7-17(20-2)14(8-12)11-16(19)10-13-4-3-5-15(18)9-13/h3-9,16H,10-11,19H2,1-2H3. The molecule has 2 rings (SSSR count). The van der Waals surface area contributed by atoms with Crippen molar-refractivity contribution < 1.29 is 4.74 Å². The molecule has 2 N–H and O–H groups in total. The highest BCUT2D eigenvalue weighted by Gasteiger charge is 2.10. The number of ether oxygens (including phenoxy) is 1. The van der Waals surface area contributed by atoms with E-state index >= 15 is 0 Å². The summed E-state index contributed by atoms with van der Waals surface area (Å²) in [5.74, 6) is 0.917. The Labute approximate surface area is 129 Å². The molecule has 0 spiro atoms. The van der Waals surface area contributed by atoms with Gasteiger partial charge in [-0.2, -0.15) is 0 Å². The molecule has 0 saturated carbocycles. The van der Waals surface area contributed by atoms with Crippen LogP contribution in [0.15, 0.2) is 46.9 Å². The summed E-state index contributed by atoms with van der Waals surface area (Å²) in [6.45, 7) is 2.09. The van der Waals surface area contributed by atoms with Crippen molar-refractivity contribution in [3.63, 3.8) is 0 Å². The van der Waals surface area contributed by atoms with E-state index in [9.17, 15) is 0 Å². The van der Waals surface area contributed by atoms with E-state index in [4.69, 9.17) is 10.5 Å². The molecule has 0 amide bonds. The molecule has 2 aromatic carbocycles. The van der Waals surface area contributed by atoms with Crippen LogP contribution in [0.2, 0.25) is 0 Å². The molecular weight excluding hydrogens is 314 g/mol. The number of benzene rings is 2. The maximum Gasteiger partial charge on any atom is 0.122 e. The number of aryl methyl sites for hydroxylation is 1. The Kier molecular flexibility index (Phi) is 5.21. The summed E-state index contributed by atoms with van der Waals surface area (Å²) in [4.78, 5) is 0. The van der Waals surface area contributed by atoms with E-state index in [-0.39, 0.29) is 6.04 Å². The van der Waals surface area contributed by atoms with Gasteiger partial charge in [-0.3, -0.25) is 0 Å². The van der Waals surface area contributed by atoms with E-state index in [1.54, 1.807) is 7.11 Å². The Bertz CT molecular complexity index is 583. The maximum atomic E-state index is 6.29. The van der Waals surface area contributed by atoms with Gasteiger partial charge < -0.3 is 10.5 Å². The first-order chi connectivity index (χ1) is 9.58. The summed E-state index contributed by atoms with van der Waals surface area (Å²) < 4.78 is 6.50. The fraction of sp³-hybridized carbons (Fsp3) is 0.294. The highest BCUT2D eigenvalue weighted by molar-refractivity contribution is 9.10. The minimum absolute atomic E-state index is 0.0833. The van der Waals surface area contributed by atoms with Gasteiger partial charge in [0.05, 0.1) is 7.11 Å². The van der Waals surface area contributed by atoms with Crippen molar-refractivity contribution in [1.82, 2.24) is 0 Å². The lowest BCUT2D eigenvalue weighted by Crippen LogP contribution is -2.25. The quantitative estimate of drug-likeness (QED) is 0.901. The zero-order valence-electron chi connectivity index (χ0n) is 11.9. The van der Waals surface area contributed by atoms with E-state index in [1.807, 2.05) is 18.2 Å². The van der Waals surface area contributed by atoms with E-state index in [1.165, 1.54) is 16.7 Å². The van der Waals surface area contributed by atoms with Gasteiger partial charge in [0.15, 0.2) is 0 Å². The predicted octanol–water partition coefficient (Wildman–Crippen LogP) is 3.88. The van der Waals surface area contributed by atoms with Crippen LogP contribution in [0.1, 0.15) is 16.7 Å². The molecule has 0 aliphatic rings. The first-order valence-corrected chi connectivity index (χ1v) is 7.51. The molecule has 1 unspecified atom stereocenters. The van der Waals surface area contributed by atoms with Crippen LogP contribution >= 0.6 is 15.9 Å². The molecule has 0 saturated heterocycles. The zero-order chi connectivity index (χ0) is 14.5. The van der Waals surface area contributed by atoms with Crippen LogP contribution in [0.5, 0.6) is 5.75 Å². The van der Waals surface area contributed by atoms with E-state index in [2.05, 4.69) is 47.1 Å². The number of methoxy groups -OCH3 is 1. The molecule has 2 aromatic rings. The molecule has 2 nitrogen and oxygen atoms in total. The van der Waals surface area contributed by atoms with Gasteiger partial charge in [0.1, 0.15) is 5.75 Å². The topological polar surface area (TPSA) is 35.2 Å². The molecule has 0 radical (unpaired) electrons. The number of rotatable bonds is 5. The van der Waals surface area contributed by atoms with E-state index < -0.39 is 0 Å². The van der Waals surface area contributed by atoms with Gasteiger partial charge in [-0.1, -0.05) is 45.8 Å². The van der Waals surface area contributed by atoms with Gasteiger partial charge in [0.2, 0.25) is 0 Å². The maximum absolute atomic E-state index is 6.29. The molecular formula is C17H20BrNO. The molecule has 0 aromatic heterocycles. The van der Waals surface area contributed by atoms with E-state index in [0.29, 0.717) is 0 Å². The molecule has 0 fully saturated rings. The molecule has 1 atom stereocenters. The Morgan fingerprint density at radius 3 is 2.65 bits per heavy atom. The fourth-order valence-electron chi connectivity index (χ4n) is 2.39.